The van der Waals surface area contributed by atoms with E-state index in [-0.39, 0.29) is 17.9 Å². The zero-order valence-electron chi connectivity index (χ0n) is 11.3. The summed E-state index contributed by atoms with van der Waals surface area (Å²) in [6.07, 6.45) is 6.68. The number of carboxylic acids is 1. The lowest BCUT2D eigenvalue weighted by Crippen LogP contribution is -2.51. The van der Waals surface area contributed by atoms with Crippen molar-refractivity contribution in [1.29, 1.82) is 0 Å². The van der Waals surface area contributed by atoms with Gasteiger partial charge >= 0.3 is 5.97 Å². The predicted octanol–water partition coefficient (Wildman–Crippen LogP) is 0.992. The second-order valence-corrected chi connectivity index (χ2v) is 5.58. The van der Waals surface area contributed by atoms with Gasteiger partial charge < -0.3 is 15.7 Å². The molecule has 1 amide bonds. The lowest BCUT2D eigenvalue weighted by molar-refractivity contribution is -0.154. The van der Waals surface area contributed by atoms with E-state index in [2.05, 4.69) is 6.92 Å². The lowest BCUT2D eigenvalue weighted by Gasteiger charge is -2.38. The van der Waals surface area contributed by atoms with Crippen LogP contribution in [-0.2, 0) is 9.59 Å². The Balaban J connectivity index is 2.07. The number of aliphatic carboxylic acids is 1. The molecule has 1 heterocycles. The number of rotatable bonds is 3. The van der Waals surface area contributed by atoms with Crippen molar-refractivity contribution in [3.63, 3.8) is 0 Å². The Morgan fingerprint density at radius 3 is 2.63 bits per heavy atom. The molecule has 0 saturated carbocycles. The summed E-state index contributed by atoms with van der Waals surface area (Å²) in [6, 6.07) is -0.748. The zero-order chi connectivity index (χ0) is 14.0. The molecule has 1 fully saturated rings. The van der Waals surface area contributed by atoms with Crippen LogP contribution in [0.5, 0.6) is 0 Å². The Morgan fingerprint density at radius 2 is 2.11 bits per heavy atom. The fourth-order valence-electron chi connectivity index (χ4n) is 3.03. The van der Waals surface area contributed by atoms with Crippen molar-refractivity contribution in [3.8, 4) is 0 Å². The van der Waals surface area contributed by atoms with Crippen LogP contribution in [-0.4, -0.2) is 40.5 Å². The fraction of sp³-hybridized carbons (Fsp3) is 0.714. The van der Waals surface area contributed by atoms with Crippen molar-refractivity contribution in [2.24, 2.45) is 17.6 Å². The third-order valence-electron chi connectivity index (χ3n) is 4.29. The molecule has 106 valence electrons. The molecule has 1 aliphatic carbocycles. The fourth-order valence-corrected chi connectivity index (χ4v) is 3.03. The molecule has 2 aliphatic rings. The van der Waals surface area contributed by atoms with Crippen LogP contribution < -0.4 is 5.73 Å². The molecule has 1 aliphatic heterocycles. The van der Waals surface area contributed by atoms with Gasteiger partial charge in [-0.05, 0) is 25.2 Å². The molecule has 0 radical (unpaired) electrons. The number of amides is 1. The summed E-state index contributed by atoms with van der Waals surface area (Å²) in [6.45, 7) is 2.62. The highest BCUT2D eigenvalue weighted by atomic mass is 16.4. The van der Waals surface area contributed by atoms with Crippen LogP contribution >= 0.6 is 0 Å². The molecule has 0 aromatic carbocycles. The van der Waals surface area contributed by atoms with E-state index in [1.54, 1.807) is 4.90 Å². The van der Waals surface area contributed by atoms with Crippen LogP contribution in [0.3, 0.4) is 0 Å². The molecule has 5 heteroatoms. The molecule has 0 aromatic heterocycles. The molecule has 0 aromatic rings. The highest BCUT2D eigenvalue weighted by Gasteiger charge is 2.38. The van der Waals surface area contributed by atoms with Gasteiger partial charge in [-0.15, -0.1) is 0 Å². The molecule has 2 rings (SSSR count). The van der Waals surface area contributed by atoms with Crippen LogP contribution in [0.2, 0.25) is 0 Å². The van der Waals surface area contributed by atoms with Gasteiger partial charge in [-0.25, -0.2) is 4.79 Å². The average Bonchev–Trinajstić information content (AvgIpc) is 2.83. The maximum atomic E-state index is 12.4. The molecule has 1 saturated heterocycles. The Bertz CT molecular complexity index is 394. The first-order valence-electron chi connectivity index (χ1n) is 7.00. The maximum Gasteiger partial charge on any atom is 0.326 e. The molecule has 4 atom stereocenters. The van der Waals surface area contributed by atoms with Crippen LogP contribution in [0.1, 0.15) is 32.6 Å². The highest BCUT2D eigenvalue weighted by molar-refractivity contribution is 5.86. The van der Waals surface area contributed by atoms with Crippen LogP contribution in [0.4, 0.5) is 0 Å². The first-order valence-corrected chi connectivity index (χ1v) is 7.00. The van der Waals surface area contributed by atoms with Gasteiger partial charge in [-0.1, -0.05) is 25.5 Å². The second kappa shape index (κ2) is 5.74. The summed E-state index contributed by atoms with van der Waals surface area (Å²) in [7, 11) is 0. The summed E-state index contributed by atoms with van der Waals surface area (Å²) >= 11 is 0. The van der Waals surface area contributed by atoms with Crippen molar-refractivity contribution in [2.75, 3.05) is 6.54 Å². The van der Waals surface area contributed by atoms with E-state index in [1.165, 1.54) is 0 Å². The Kier molecular flexibility index (Phi) is 4.24. The minimum Gasteiger partial charge on any atom is -0.480 e. The smallest absolute Gasteiger partial charge is 0.326 e. The van der Waals surface area contributed by atoms with Gasteiger partial charge in [-0.3, -0.25) is 4.79 Å². The molecule has 3 N–H and O–H groups in total. The minimum atomic E-state index is -0.891. The van der Waals surface area contributed by atoms with E-state index in [0.29, 0.717) is 25.3 Å². The molecule has 0 bridgehead atoms. The van der Waals surface area contributed by atoms with Gasteiger partial charge in [0.2, 0.25) is 5.91 Å². The maximum absolute atomic E-state index is 12.4. The molecular weight excluding hydrogens is 244 g/mol. The van der Waals surface area contributed by atoms with Crippen LogP contribution in [0.15, 0.2) is 12.2 Å². The summed E-state index contributed by atoms with van der Waals surface area (Å²) in [5.41, 5.74) is 5.76. The van der Waals surface area contributed by atoms with Crippen LogP contribution in [0, 0.1) is 11.8 Å². The number of carbonyl (C=O) groups excluding carboxylic acids is 1. The summed E-state index contributed by atoms with van der Waals surface area (Å²) in [5.74, 6) is -0.800. The first-order chi connectivity index (χ1) is 9.02. The number of carbonyl (C=O) groups is 2. The first kappa shape index (κ1) is 14.1. The molecule has 0 spiro atoms. The number of carboxylic acid groups (broad SMARTS) is 1. The van der Waals surface area contributed by atoms with E-state index >= 15 is 0 Å². The van der Waals surface area contributed by atoms with Crippen LogP contribution in [0.25, 0.3) is 0 Å². The van der Waals surface area contributed by atoms with Gasteiger partial charge in [0.15, 0.2) is 0 Å². The number of hydrogen-bond acceptors (Lipinski definition) is 3. The standard InChI is InChI=1S/C14H22N2O3/c1-2-9-5-6-16(12(7-9)14(18)19)13(17)10-3-4-11(15)8-10/h3-4,9-12H,2,5-8,15H2,1H3,(H,18,19). The van der Waals surface area contributed by atoms with E-state index in [1.807, 2.05) is 12.2 Å². The Labute approximate surface area is 113 Å². The summed E-state index contributed by atoms with van der Waals surface area (Å²) in [4.78, 5) is 25.3. The number of likely N-dealkylation sites (tertiary alicyclic amines) is 1. The van der Waals surface area contributed by atoms with Gasteiger partial charge in [0, 0.05) is 12.6 Å². The summed E-state index contributed by atoms with van der Waals surface area (Å²) in [5, 5.41) is 9.33. The molecule has 4 unspecified atom stereocenters. The number of nitrogens with two attached hydrogens (primary N) is 1. The number of piperidine rings is 1. The van der Waals surface area contributed by atoms with Gasteiger partial charge in [0.05, 0.1) is 5.92 Å². The third kappa shape index (κ3) is 2.97. The third-order valence-corrected chi connectivity index (χ3v) is 4.29. The van der Waals surface area contributed by atoms with Gasteiger partial charge in [0.25, 0.3) is 0 Å². The number of hydrogen-bond donors (Lipinski definition) is 2. The molecular formula is C14H22N2O3. The lowest BCUT2D eigenvalue weighted by atomic mass is 9.88. The Hall–Kier alpha value is -1.36. The minimum absolute atomic E-state index is 0.0776. The van der Waals surface area contributed by atoms with Crippen molar-refractivity contribution < 1.29 is 14.7 Å². The average molecular weight is 266 g/mol. The quantitative estimate of drug-likeness (QED) is 0.746. The van der Waals surface area contributed by atoms with E-state index in [0.717, 1.165) is 12.8 Å². The Morgan fingerprint density at radius 1 is 1.37 bits per heavy atom. The largest absolute Gasteiger partial charge is 0.480 e. The highest BCUT2D eigenvalue weighted by Crippen LogP contribution is 2.29. The molecule has 19 heavy (non-hydrogen) atoms. The monoisotopic (exact) mass is 266 g/mol. The van der Waals surface area contributed by atoms with E-state index in [4.69, 9.17) is 5.73 Å². The van der Waals surface area contributed by atoms with E-state index < -0.39 is 12.0 Å². The normalized spacial score (nSPS) is 34.5. The zero-order valence-corrected chi connectivity index (χ0v) is 11.3. The van der Waals surface area contributed by atoms with Crippen molar-refractivity contribution in [3.05, 3.63) is 12.2 Å². The van der Waals surface area contributed by atoms with Crippen molar-refractivity contribution >= 4 is 11.9 Å². The topological polar surface area (TPSA) is 83.6 Å². The predicted molar refractivity (Wildman–Crippen MR) is 71.4 cm³/mol. The summed E-state index contributed by atoms with van der Waals surface area (Å²) < 4.78 is 0. The number of nitrogens with zero attached hydrogens (tertiary/aromatic N) is 1. The SMILES string of the molecule is CCC1CCN(C(=O)C2C=CC(N)C2)C(C(=O)O)C1. The van der Waals surface area contributed by atoms with Crippen molar-refractivity contribution in [1.82, 2.24) is 4.90 Å². The van der Waals surface area contributed by atoms with Gasteiger partial charge in [-0.2, -0.15) is 0 Å². The van der Waals surface area contributed by atoms with E-state index in [9.17, 15) is 14.7 Å². The van der Waals surface area contributed by atoms with Gasteiger partial charge in [0.1, 0.15) is 6.04 Å². The second-order valence-electron chi connectivity index (χ2n) is 5.58. The molecule has 5 nitrogen and oxygen atoms in total. The van der Waals surface area contributed by atoms with Crippen molar-refractivity contribution in [2.45, 2.75) is 44.7 Å².